The second-order valence-electron chi connectivity index (χ2n) is 4.22. The lowest BCUT2D eigenvalue weighted by atomic mass is 10.3. The molecule has 1 unspecified atom stereocenters. The van der Waals surface area contributed by atoms with Gasteiger partial charge in [0.15, 0.2) is 0 Å². The lowest BCUT2D eigenvalue weighted by Crippen LogP contribution is -2.48. The highest BCUT2D eigenvalue weighted by atomic mass is 19.4. The minimum Gasteiger partial charge on any atom is -0.445 e. The van der Waals surface area contributed by atoms with E-state index in [2.05, 4.69) is 5.32 Å². The molecule has 0 spiro atoms. The Balaban J connectivity index is 1.83. The molecule has 2 aliphatic rings. The zero-order valence-corrected chi connectivity index (χ0v) is 8.56. The Hall–Kier alpha value is -0.980. The predicted octanol–water partition coefficient (Wildman–Crippen LogP) is 1.17. The van der Waals surface area contributed by atoms with Gasteiger partial charge in [-0.3, -0.25) is 0 Å². The first-order valence-electron chi connectivity index (χ1n) is 5.19. The van der Waals surface area contributed by atoms with Crippen molar-refractivity contribution in [2.24, 2.45) is 0 Å². The van der Waals surface area contributed by atoms with Gasteiger partial charge in [0, 0.05) is 6.54 Å². The first-order valence-corrected chi connectivity index (χ1v) is 5.19. The number of alkyl carbamates (subject to hydrolysis) is 1. The quantitative estimate of drug-likeness (QED) is 0.759. The van der Waals surface area contributed by atoms with Crippen LogP contribution in [-0.2, 0) is 4.74 Å². The van der Waals surface area contributed by atoms with E-state index in [9.17, 15) is 18.0 Å². The molecule has 92 valence electrons. The van der Waals surface area contributed by atoms with Crippen molar-refractivity contribution in [3.05, 3.63) is 0 Å². The van der Waals surface area contributed by atoms with Gasteiger partial charge in [0.05, 0.1) is 0 Å². The van der Waals surface area contributed by atoms with E-state index < -0.39 is 17.8 Å². The maximum Gasteiger partial charge on any atom is 0.411 e. The van der Waals surface area contributed by atoms with Crippen LogP contribution in [0.5, 0.6) is 0 Å². The Kier molecular flexibility index (Phi) is 2.73. The molecule has 0 aromatic rings. The van der Waals surface area contributed by atoms with Crippen molar-refractivity contribution in [1.29, 1.82) is 0 Å². The summed E-state index contributed by atoms with van der Waals surface area (Å²) in [7, 11) is 0. The van der Waals surface area contributed by atoms with Gasteiger partial charge in [-0.2, -0.15) is 13.2 Å². The van der Waals surface area contributed by atoms with Crippen molar-refractivity contribution in [3.8, 4) is 0 Å². The van der Waals surface area contributed by atoms with Crippen molar-refractivity contribution >= 4 is 6.09 Å². The highest BCUT2D eigenvalue weighted by molar-refractivity contribution is 5.69. The van der Waals surface area contributed by atoms with Crippen LogP contribution in [0, 0.1) is 0 Å². The summed E-state index contributed by atoms with van der Waals surface area (Å²) in [6.07, 6.45) is -5.15. The lowest BCUT2D eigenvalue weighted by Gasteiger charge is -2.21. The Bertz CT molecular complexity index is 283. The summed E-state index contributed by atoms with van der Waals surface area (Å²) in [5.41, 5.74) is -2.03. The van der Waals surface area contributed by atoms with E-state index in [1.807, 2.05) is 5.32 Å². The molecule has 0 bridgehead atoms. The Labute approximate surface area is 90.5 Å². The first-order chi connectivity index (χ1) is 7.43. The Morgan fingerprint density at radius 3 is 2.56 bits per heavy atom. The van der Waals surface area contributed by atoms with Gasteiger partial charge in [-0.1, -0.05) is 0 Å². The van der Waals surface area contributed by atoms with Gasteiger partial charge in [0.1, 0.15) is 11.6 Å². The van der Waals surface area contributed by atoms with E-state index in [0.717, 1.165) is 6.54 Å². The predicted molar refractivity (Wildman–Crippen MR) is 48.9 cm³/mol. The molecule has 2 N–H and O–H groups in total. The molecule has 4 nitrogen and oxygen atoms in total. The number of hydrogen-bond donors (Lipinski definition) is 2. The molecule has 1 saturated heterocycles. The average Bonchev–Trinajstić information content (AvgIpc) is 2.75. The molecule has 1 amide bonds. The molecular weight excluding hydrogens is 225 g/mol. The minimum atomic E-state index is -4.39. The van der Waals surface area contributed by atoms with Crippen molar-refractivity contribution in [1.82, 2.24) is 10.6 Å². The van der Waals surface area contributed by atoms with Gasteiger partial charge >= 0.3 is 12.3 Å². The molecule has 0 aromatic carbocycles. The SMILES string of the molecule is O=C(NC1(C(F)(F)F)CC1)OC1CCNC1. The fourth-order valence-corrected chi connectivity index (χ4v) is 1.71. The fourth-order valence-electron chi connectivity index (χ4n) is 1.71. The molecule has 1 aliphatic heterocycles. The van der Waals surface area contributed by atoms with Gasteiger partial charge in [-0.15, -0.1) is 0 Å². The maximum absolute atomic E-state index is 12.5. The number of hydrogen-bond acceptors (Lipinski definition) is 3. The highest BCUT2D eigenvalue weighted by Gasteiger charge is 2.64. The van der Waals surface area contributed by atoms with Gasteiger partial charge in [-0.25, -0.2) is 4.79 Å². The summed E-state index contributed by atoms with van der Waals surface area (Å²) in [5, 5.41) is 4.88. The second kappa shape index (κ2) is 3.80. The molecule has 0 aromatic heterocycles. The van der Waals surface area contributed by atoms with Crippen LogP contribution >= 0.6 is 0 Å². The number of amides is 1. The van der Waals surface area contributed by atoms with E-state index >= 15 is 0 Å². The van der Waals surface area contributed by atoms with Crippen LogP contribution in [0.2, 0.25) is 0 Å². The molecular formula is C9H13F3N2O2. The molecule has 2 fully saturated rings. The van der Waals surface area contributed by atoms with Gasteiger partial charge in [-0.05, 0) is 25.8 Å². The van der Waals surface area contributed by atoms with E-state index in [4.69, 9.17) is 4.74 Å². The van der Waals surface area contributed by atoms with Gasteiger partial charge < -0.3 is 15.4 Å². The van der Waals surface area contributed by atoms with Crippen molar-refractivity contribution in [2.75, 3.05) is 13.1 Å². The summed E-state index contributed by atoms with van der Waals surface area (Å²) in [5.74, 6) is 0. The molecule has 1 atom stereocenters. The minimum absolute atomic E-state index is 0.0610. The third-order valence-electron chi connectivity index (χ3n) is 2.92. The Morgan fingerprint density at radius 1 is 1.44 bits per heavy atom. The van der Waals surface area contributed by atoms with Crippen molar-refractivity contribution in [2.45, 2.75) is 37.1 Å². The molecule has 0 radical (unpaired) electrons. The van der Waals surface area contributed by atoms with Crippen LogP contribution in [0.25, 0.3) is 0 Å². The third-order valence-corrected chi connectivity index (χ3v) is 2.92. The van der Waals surface area contributed by atoms with Gasteiger partial charge in [0.2, 0.25) is 0 Å². The third kappa shape index (κ3) is 2.23. The lowest BCUT2D eigenvalue weighted by molar-refractivity contribution is -0.164. The molecule has 7 heteroatoms. The standard InChI is InChI=1S/C9H13F3N2O2/c10-9(11,12)8(2-3-8)14-7(15)16-6-1-4-13-5-6/h6,13H,1-5H2,(H,14,15). The summed E-state index contributed by atoms with van der Waals surface area (Å²) in [4.78, 5) is 11.2. The van der Waals surface area contributed by atoms with Crippen LogP contribution in [0.4, 0.5) is 18.0 Å². The fraction of sp³-hybridized carbons (Fsp3) is 0.889. The monoisotopic (exact) mass is 238 g/mol. The molecule has 1 aliphatic carbocycles. The smallest absolute Gasteiger partial charge is 0.411 e. The van der Waals surface area contributed by atoms with Crippen LogP contribution in [0.3, 0.4) is 0 Å². The van der Waals surface area contributed by atoms with E-state index in [1.165, 1.54) is 0 Å². The molecule has 16 heavy (non-hydrogen) atoms. The Morgan fingerprint density at radius 2 is 2.12 bits per heavy atom. The number of ether oxygens (including phenoxy) is 1. The van der Waals surface area contributed by atoms with Gasteiger partial charge in [0.25, 0.3) is 0 Å². The van der Waals surface area contributed by atoms with E-state index in [1.54, 1.807) is 0 Å². The summed E-state index contributed by atoms with van der Waals surface area (Å²) < 4.78 is 42.3. The number of carbonyl (C=O) groups excluding carboxylic acids is 1. The maximum atomic E-state index is 12.5. The number of carbonyl (C=O) groups is 1. The second-order valence-corrected chi connectivity index (χ2v) is 4.22. The average molecular weight is 238 g/mol. The van der Waals surface area contributed by atoms with Crippen molar-refractivity contribution < 1.29 is 22.7 Å². The van der Waals surface area contributed by atoms with E-state index in [-0.39, 0.29) is 18.9 Å². The van der Waals surface area contributed by atoms with Crippen molar-refractivity contribution in [3.63, 3.8) is 0 Å². The number of halogens is 3. The summed E-state index contributed by atoms with van der Waals surface area (Å²) in [6, 6.07) is 0. The summed E-state index contributed by atoms with van der Waals surface area (Å²) in [6.45, 7) is 1.23. The number of alkyl halides is 3. The van der Waals surface area contributed by atoms with Crippen LogP contribution < -0.4 is 10.6 Å². The molecule has 1 heterocycles. The first kappa shape index (κ1) is 11.5. The zero-order valence-electron chi connectivity index (χ0n) is 8.56. The van der Waals surface area contributed by atoms with Crippen LogP contribution in [0.1, 0.15) is 19.3 Å². The topological polar surface area (TPSA) is 50.4 Å². The molecule has 1 saturated carbocycles. The van der Waals surface area contributed by atoms with Crippen LogP contribution in [-0.4, -0.2) is 37.0 Å². The van der Waals surface area contributed by atoms with Crippen LogP contribution in [0.15, 0.2) is 0 Å². The largest absolute Gasteiger partial charge is 0.445 e. The number of rotatable bonds is 2. The number of nitrogens with one attached hydrogen (secondary N) is 2. The summed E-state index contributed by atoms with van der Waals surface area (Å²) >= 11 is 0. The highest BCUT2D eigenvalue weighted by Crippen LogP contribution is 2.48. The molecule has 2 rings (SSSR count). The normalized spacial score (nSPS) is 27.6. The van der Waals surface area contributed by atoms with E-state index in [0.29, 0.717) is 13.0 Å². The zero-order chi connectivity index (χ0) is 11.8.